The summed E-state index contributed by atoms with van der Waals surface area (Å²) in [4.78, 5) is 27.0. The number of rotatable bonds is 5. The van der Waals surface area contributed by atoms with Gasteiger partial charge in [-0.25, -0.2) is 0 Å². The summed E-state index contributed by atoms with van der Waals surface area (Å²) in [7, 11) is -2.42. The Bertz CT molecular complexity index is 432. The average molecular weight is 310 g/mol. The molecule has 108 valence electrons. The molecule has 0 amide bonds. The van der Waals surface area contributed by atoms with E-state index < -0.39 is 39.1 Å². The van der Waals surface area contributed by atoms with E-state index in [0.29, 0.717) is 5.82 Å². The first kappa shape index (κ1) is 17.1. The number of hydrogen-bond donors (Lipinski definition) is 3. The minimum Gasteiger partial charge on any atom is -0.378 e. The van der Waals surface area contributed by atoms with Crippen LogP contribution in [0.4, 0.5) is 0 Å². The smallest absolute Gasteiger partial charge is 0.348 e. The molecule has 4 atom stereocenters. The molecule has 1 unspecified atom stereocenters. The van der Waals surface area contributed by atoms with Crippen LogP contribution in [0.2, 0.25) is 0 Å². The van der Waals surface area contributed by atoms with Crippen LogP contribution in [0.5, 0.6) is 0 Å². The van der Waals surface area contributed by atoms with Crippen LogP contribution in [0.25, 0.3) is 0 Å². The molecule has 1 aliphatic heterocycles. The van der Waals surface area contributed by atoms with Gasteiger partial charge < -0.3 is 23.9 Å². The first-order valence-electron chi connectivity index (χ1n) is 5.68. The standard InChI is InChI=1S/C9H17BO7P2/c1-6(2)19(14,15)17-8-5-7(16-9(8)10)3-4-18(11,12)13/h3-4,6-9H,5H2,1-2H3,(H,14,15)(H2,11,12,13)/b4-3+/t7-,8-,9-/m1/s1. The van der Waals surface area contributed by atoms with E-state index in [4.69, 9.17) is 26.9 Å². The highest BCUT2D eigenvalue weighted by Crippen LogP contribution is 2.50. The van der Waals surface area contributed by atoms with Gasteiger partial charge in [-0.05, 0) is 6.08 Å². The summed E-state index contributed by atoms with van der Waals surface area (Å²) in [6.45, 7) is 3.10. The van der Waals surface area contributed by atoms with E-state index in [1.54, 1.807) is 13.8 Å². The minimum absolute atomic E-state index is 0.162. The Morgan fingerprint density at radius 1 is 1.37 bits per heavy atom. The maximum Gasteiger partial charge on any atom is 0.348 e. The molecular weight excluding hydrogens is 293 g/mol. The van der Waals surface area contributed by atoms with Crippen LogP contribution in [-0.4, -0.2) is 46.4 Å². The Kier molecular flexibility index (Phi) is 5.61. The number of hydrogen-bond acceptors (Lipinski definition) is 4. The van der Waals surface area contributed by atoms with Gasteiger partial charge in [0.2, 0.25) is 0 Å². The van der Waals surface area contributed by atoms with Gasteiger partial charge in [-0.1, -0.05) is 13.8 Å². The summed E-state index contributed by atoms with van der Waals surface area (Å²) in [6, 6.07) is -0.911. The molecule has 3 N–H and O–H groups in total. The Hall–Kier alpha value is 0.0649. The lowest BCUT2D eigenvalue weighted by atomic mass is 9.94. The van der Waals surface area contributed by atoms with Gasteiger partial charge in [0.1, 0.15) is 7.85 Å². The Morgan fingerprint density at radius 2 is 1.95 bits per heavy atom. The van der Waals surface area contributed by atoms with Crippen LogP contribution in [0.1, 0.15) is 20.3 Å². The summed E-state index contributed by atoms with van der Waals surface area (Å²) >= 11 is 0. The quantitative estimate of drug-likeness (QED) is 0.511. The van der Waals surface area contributed by atoms with Gasteiger partial charge in [0.05, 0.1) is 17.9 Å². The van der Waals surface area contributed by atoms with Crippen LogP contribution < -0.4 is 0 Å². The summed E-state index contributed by atoms with van der Waals surface area (Å²) in [5, 5.41) is 0. The zero-order valence-corrected chi connectivity index (χ0v) is 12.4. The first-order chi connectivity index (χ1) is 8.51. The predicted molar refractivity (Wildman–Crippen MR) is 70.1 cm³/mol. The van der Waals surface area contributed by atoms with Gasteiger partial charge in [-0.2, -0.15) is 0 Å². The summed E-state index contributed by atoms with van der Waals surface area (Å²) in [6.07, 6.45) is -0.0965. The minimum atomic E-state index is -4.26. The molecular formula is C9H17BO7P2. The largest absolute Gasteiger partial charge is 0.378 e. The molecule has 0 aliphatic carbocycles. The van der Waals surface area contributed by atoms with E-state index in [1.165, 1.54) is 6.08 Å². The molecule has 0 aromatic rings. The van der Waals surface area contributed by atoms with Crippen molar-refractivity contribution in [2.24, 2.45) is 0 Å². The molecule has 1 saturated heterocycles. The van der Waals surface area contributed by atoms with E-state index >= 15 is 0 Å². The van der Waals surface area contributed by atoms with Crippen molar-refractivity contribution in [3.63, 3.8) is 0 Å². The molecule has 19 heavy (non-hydrogen) atoms. The average Bonchev–Trinajstić information content (AvgIpc) is 2.55. The topological polar surface area (TPSA) is 113 Å². The van der Waals surface area contributed by atoms with Gasteiger partial charge in [-0.15, -0.1) is 0 Å². The molecule has 0 aromatic carbocycles. The van der Waals surface area contributed by atoms with Gasteiger partial charge >= 0.3 is 15.2 Å². The Balaban J connectivity index is 2.64. The zero-order chi connectivity index (χ0) is 14.8. The normalized spacial score (nSPS) is 32.0. The second-order valence-corrected chi connectivity index (χ2v) is 8.46. The fourth-order valence-electron chi connectivity index (χ4n) is 1.46. The lowest BCUT2D eigenvalue weighted by Crippen LogP contribution is -2.24. The van der Waals surface area contributed by atoms with E-state index in [9.17, 15) is 14.0 Å². The third-order valence-electron chi connectivity index (χ3n) is 2.60. The van der Waals surface area contributed by atoms with Crippen molar-refractivity contribution >= 4 is 23.0 Å². The first-order valence-corrected chi connectivity index (χ1v) is 9.00. The van der Waals surface area contributed by atoms with Gasteiger partial charge in [0, 0.05) is 18.2 Å². The highest BCUT2D eigenvalue weighted by Gasteiger charge is 2.37. The molecule has 0 aromatic heterocycles. The van der Waals surface area contributed by atoms with Crippen LogP contribution in [0, 0.1) is 0 Å². The highest BCUT2D eigenvalue weighted by molar-refractivity contribution is 7.55. The van der Waals surface area contributed by atoms with Crippen LogP contribution >= 0.6 is 15.2 Å². The van der Waals surface area contributed by atoms with Crippen molar-refractivity contribution in [3.05, 3.63) is 11.9 Å². The summed E-state index contributed by atoms with van der Waals surface area (Å²) in [5.41, 5.74) is -0.565. The maximum absolute atomic E-state index is 11.7. The van der Waals surface area contributed by atoms with Crippen LogP contribution in [0.15, 0.2) is 11.9 Å². The molecule has 1 heterocycles. The summed E-state index contributed by atoms with van der Waals surface area (Å²) < 4.78 is 32.6. The fourth-order valence-corrected chi connectivity index (χ4v) is 2.71. The van der Waals surface area contributed by atoms with Crippen molar-refractivity contribution in [1.82, 2.24) is 0 Å². The molecule has 2 radical (unpaired) electrons. The predicted octanol–water partition coefficient (Wildman–Crippen LogP) is 0.940. The lowest BCUT2D eigenvalue weighted by molar-refractivity contribution is 0.0807. The maximum atomic E-state index is 11.7. The third kappa shape index (κ3) is 5.52. The second kappa shape index (κ2) is 6.23. The lowest BCUT2D eigenvalue weighted by Gasteiger charge is -2.21. The fraction of sp³-hybridized carbons (Fsp3) is 0.778. The van der Waals surface area contributed by atoms with Gasteiger partial charge in [0.15, 0.2) is 0 Å². The third-order valence-corrected chi connectivity index (χ3v) is 5.04. The van der Waals surface area contributed by atoms with Crippen molar-refractivity contribution in [2.45, 2.75) is 44.1 Å². The molecule has 7 nitrogen and oxygen atoms in total. The molecule has 0 bridgehead atoms. The van der Waals surface area contributed by atoms with E-state index in [-0.39, 0.29) is 6.42 Å². The van der Waals surface area contributed by atoms with Crippen LogP contribution in [-0.2, 0) is 18.4 Å². The molecule has 0 spiro atoms. The molecule has 0 saturated carbocycles. The molecule has 10 heteroatoms. The molecule has 1 aliphatic rings. The van der Waals surface area contributed by atoms with E-state index in [0.717, 1.165) is 0 Å². The van der Waals surface area contributed by atoms with E-state index in [2.05, 4.69) is 0 Å². The number of ether oxygens (including phenoxy) is 1. The SMILES string of the molecule is [B][C@@H]1O[C@H](/C=C/P(=O)(O)O)C[C@H]1OP(=O)(O)C(C)C. The van der Waals surface area contributed by atoms with Crippen molar-refractivity contribution in [1.29, 1.82) is 0 Å². The highest BCUT2D eigenvalue weighted by atomic mass is 31.2. The van der Waals surface area contributed by atoms with Crippen molar-refractivity contribution in [3.8, 4) is 0 Å². The Morgan fingerprint density at radius 3 is 2.42 bits per heavy atom. The summed E-state index contributed by atoms with van der Waals surface area (Å²) in [5.74, 6) is 0.716. The van der Waals surface area contributed by atoms with Crippen molar-refractivity contribution in [2.75, 3.05) is 0 Å². The monoisotopic (exact) mass is 310 g/mol. The second-order valence-electron chi connectivity index (χ2n) is 4.61. The molecule has 1 fully saturated rings. The van der Waals surface area contributed by atoms with Crippen LogP contribution in [0.3, 0.4) is 0 Å². The van der Waals surface area contributed by atoms with Crippen molar-refractivity contribution < 1.29 is 33.1 Å². The van der Waals surface area contributed by atoms with Gasteiger partial charge in [-0.3, -0.25) is 9.13 Å². The zero-order valence-electron chi connectivity index (χ0n) is 10.6. The Labute approximate surface area is 113 Å². The molecule has 1 rings (SSSR count). The van der Waals surface area contributed by atoms with Gasteiger partial charge in [0.25, 0.3) is 0 Å². The van der Waals surface area contributed by atoms with E-state index in [1.807, 2.05) is 0 Å².